The molecular weight excluding hydrogens is 436 g/mol. The summed E-state index contributed by atoms with van der Waals surface area (Å²) in [6, 6.07) is 2.63. The summed E-state index contributed by atoms with van der Waals surface area (Å²) < 4.78 is 15.8. The van der Waals surface area contributed by atoms with Crippen LogP contribution < -0.4 is 9.47 Å². The van der Waals surface area contributed by atoms with E-state index in [1.807, 2.05) is 0 Å². The molecule has 0 N–H and O–H groups in total. The Morgan fingerprint density at radius 1 is 1.19 bits per heavy atom. The van der Waals surface area contributed by atoms with Crippen LogP contribution in [0.5, 0.6) is 11.5 Å². The van der Waals surface area contributed by atoms with Gasteiger partial charge in [0.15, 0.2) is 11.5 Å². The van der Waals surface area contributed by atoms with E-state index in [1.54, 1.807) is 16.2 Å². The molecule has 0 saturated carbocycles. The molecule has 1 aliphatic rings. The van der Waals surface area contributed by atoms with Crippen molar-refractivity contribution in [1.82, 2.24) is 14.8 Å². The first-order valence-corrected chi connectivity index (χ1v) is 11.3. The van der Waals surface area contributed by atoms with E-state index in [4.69, 9.17) is 14.2 Å². The van der Waals surface area contributed by atoms with Gasteiger partial charge in [-0.1, -0.05) is 6.92 Å². The number of nitrogens with zero attached hydrogens (tertiary/aromatic N) is 4. The van der Waals surface area contributed by atoms with Crippen LogP contribution in [0, 0.1) is 10.1 Å². The third-order valence-corrected chi connectivity index (χ3v) is 6.24. The zero-order chi connectivity index (χ0) is 23.1. The molecule has 32 heavy (non-hydrogen) atoms. The number of nitro benzene ring substituents is 1. The molecule has 1 aromatic heterocycles. The van der Waals surface area contributed by atoms with Crippen LogP contribution >= 0.6 is 11.3 Å². The second-order valence-electron chi connectivity index (χ2n) is 7.27. The summed E-state index contributed by atoms with van der Waals surface area (Å²) in [5, 5.41) is 14.9. The van der Waals surface area contributed by atoms with Crippen molar-refractivity contribution in [3.63, 3.8) is 0 Å². The van der Waals surface area contributed by atoms with E-state index in [2.05, 4.69) is 22.2 Å². The summed E-state index contributed by atoms with van der Waals surface area (Å²) in [4.78, 5) is 32.7. The van der Waals surface area contributed by atoms with E-state index in [0.29, 0.717) is 32.8 Å². The lowest BCUT2D eigenvalue weighted by Crippen LogP contribution is -2.48. The minimum Gasteiger partial charge on any atom is -0.493 e. The van der Waals surface area contributed by atoms with Crippen LogP contribution in [0.15, 0.2) is 17.5 Å². The third-order valence-electron chi connectivity index (χ3n) is 5.20. The molecular formula is C21H28N4O6S. The van der Waals surface area contributed by atoms with Crippen LogP contribution in [0.3, 0.4) is 0 Å². The van der Waals surface area contributed by atoms with Gasteiger partial charge in [-0.2, -0.15) is 0 Å². The van der Waals surface area contributed by atoms with E-state index < -0.39 is 4.92 Å². The standard InChI is InChI=1S/C21H28N4O6S/c1-4-20-22-15(14-32-20)13-23-5-7-24(8-6-23)21(26)16-11-18(30-3)19(31-10-9-29-2)12-17(16)25(27)28/h11-12,14H,4-10,13H2,1-3H3. The molecule has 0 atom stereocenters. The molecule has 1 aromatic carbocycles. The Morgan fingerprint density at radius 2 is 1.94 bits per heavy atom. The molecule has 0 aliphatic carbocycles. The zero-order valence-electron chi connectivity index (χ0n) is 18.5. The van der Waals surface area contributed by atoms with E-state index in [1.165, 1.54) is 26.4 Å². The number of nitro groups is 1. The average Bonchev–Trinajstić information content (AvgIpc) is 3.26. The fourth-order valence-corrected chi connectivity index (χ4v) is 4.21. The molecule has 0 unspecified atom stereocenters. The summed E-state index contributed by atoms with van der Waals surface area (Å²) in [7, 11) is 2.96. The Bertz CT molecular complexity index is 942. The monoisotopic (exact) mass is 464 g/mol. The molecule has 3 rings (SSSR count). The Labute approximate surface area is 190 Å². The van der Waals surface area contributed by atoms with Crippen molar-refractivity contribution in [2.45, 2.75) is 19.9 Å². The Morgan fingerprint density at radius 3 is 2.53 bits per heavy atom. The Hall–Kier alpha value is -2.76. The minimum atomic E-state index is -0.570. The van der Waals surface area contributed by atoms with Gasteiger partial charge >= 0.3 is 0 Å². The predicted octanol–water partition coefficient (Wildman–Crippen LogP) is 2.61. The highest BCUT2D eigenvalue weighted by Crippen LogP contribution is 2.35. The average molecular weight is 465 g/mol. The zero-order valence-corrected chi connectivity index (χ0v) is 19.4. The topological polar surface area (TPSA) is 107 Å². The molecule has 10 nitrogen and oxygen atoms in total. The number of aromatic nitrogens is 1. The smallest absolute Gasteiger partial charge is 0.286 e. The van der Waals surface area contributed by atoms with Crippen LogP contribution in [0.4, 0.5) is 5.69 Å². The molecule has 11 heteroatoms. The first-order valence-electron chi connectivity index (χ1n) is 10.4. The number of carbonyl (C=O) groups is 1. The van der Waals surface area contributed by atoms with E-state index in [0.717, 1.165) is 23.7 Å². The molecule has 0 radical (unpaired) electrons. The van der Waals surface area contributed by atoms with E-state index in [-0.39, 0.29) is 35.3 Å². The minimum absolute atomic E-state index is 0.00789. The van der Waals surface area contributed by atoms with Crippen molar-refractivity contribution in [3.05, 3.63) is 43.9 Å². The van der Waals surface area contributed by atoms with Gasteiger partial charge in [0.2, 0.25) is 0 Å². The fraction of sp³-hybridized carbons (Fsp3) is 0.524. The number of amides is 1. The quantitative estimate of drug-likeness (QED) is 0.300. The molecule has 1 aliphatic heterocycles. The number of carbonyl (C=O) groups excluding carboxylic acids is 1. The Balaban J connectivity index is 1.70. The number of methoxy groups -OCH3 is 2. The van der Waals surface area contributed by atoms with Gasteiger partial charge in [-0.05, 0) is 6.42 Å². The fourth-order valence-electron chi connectivity index (χ4n) is 3.47. The third kappa shape index (κ3) is 5.72. The number of aryl methyl sites for hydroxylation is 1. The lowest BCUT2D eigenvalue weighted by molar-refractivity contribution is -0.385. The van der Waals surface area contributed by atoms with Gasteiger partial charge in [-0.3, -0.25) is 19.8 Å². The molecule has 174 valence electrons. The Kier molecular flexibility index (Phi) is 8.37. The largest absolute Gasteiger partial charge is 0.493 e. The first kappa shape index (κ1) is 23.9. The van der Waals surface area contributed by atoms with Gasteiger partial charge in [0.05, 0.1) is 35.4 Å². The van der Waals surface area contributed by atoms with Crippen LogP contribution in [0.25, 0.3) is 0 Å². The molecule has 1 fully saturated rings. The molecule has 0 spiro atoms. The lowest BCUT2D eigenvalue weighted by Gasteiger charge is -2.34. The highest BCUT2D eigenvalue weighted by molar-refractivity contribution is 7.09. The molecule has 2 aromatic rings. The first-order chi connectivity index (χ1) is 15.5. The second-order valence-corrected chi connectivity index (χ2v) is 8.22. The van der Waals surface area contributed by atoms with Crippen LogP contribution in [-0.2, 0) is 17.7 Å². The summed E-state index contributed by atoms with van der Waals surface area (Å²) in [5.74, 6) is 0.0799. The van der Waals surface area contributed by atoms with Crippen molar-refractivity contribution in [1.29, 1.82) is 0 Å². The van der Waals surface area contributed by atoms with Gasteiger partial charge in [-0.25, -0.2) is 4.98 Å². The van der Waals surface area contributed by atoms with Gasteiger partial charge in [0.1, 0.15) is 12.2 Å². The highest BCUT2D eigenvalue weighted by atomic mass is 32.1. The summed E-state index contributed by atoms with van der Waals surface area (Å²) in [6.07, 6.45) is 0.922. The molecule has 1 amide bonds. The SMILES string of the molecule is CCc1nc(CN2CCN(C(=O)c3cc(OC)c(OCCOC)cc3[N+](=O)[O-])CC2)cs1. The summed E-state index contributed by atoms with van der Waals surface area (Å²) in [5.41, 5.74) is 0.725. The van der Waals surface area contributed by atoms with Gasteiger partial charge in [-0.15, -0.1) is 11.3 Å². The van der Waals surface area contributed by atoms with E-state index in [9.17, 15) is 14.9 Å². The van der Waals surface area contributed by atoms with Crippen molar-refractivity contribution >= 4 is 22.9 Å². The number of benzene rings is 1. The van der Waals surface area contributed by atoms with Crippen molar-refractivity contribution in [2.75, 3.05) is 53.6 Å². The normalized spacial score (nSPS) is 14.4. The number of rotatable bonds is 10. The number of hydrogen-bond donors (Lipinski definition) is 0. The van der Waals surface area contributed by atoms with Gasteiger partial charge in [0, 0.05) is 51.3 Å². The lowest BCUT2D eigenvalue weighted by atomic mass is 10.1. The maximum atomic E-state index is 13.1. The van der Waals surface area contributed by atoms with Crippen LogP contribution in [-0.4, -0.2) is 79.2 Å². The van der Waals surface area contributed by atoms with Crippen LogP contribution in [0.1, 0.15) is 28.0 Å². The maximum absolute atomic E-state index is 13.1. The molecule has 2 heterocycles. The number of hydrogen-bond acceptors (Lipinski definition) is 9. The number of ether oxygens (including phenoxy) is 3. The predicted molar refractivity (Wildman–Crippen MR) is 120 cm³/mol. The molecule has 1 saturated heterocycles. The second kappa shape index (κ2) is 11.2. The van der Waals surface area contributed by atoms with Gasteiger partial charge in [0.25, 0.3) is 11.6 Å². The number of thiazole rings is 1. The highest BCUT2D eigenvalue weighted by Gasteiger charge is 2.30. The molecule has 0 bridgehead atoms. The van der Waals surface area contributed by atoms with E-state index >= 15 is 0 Å². The van der Waals surface area contributed by atoms with Gasteiger partial charge < -0.3 is 19.1 Å². The number of piperazine rings is 1. The van der Waals surface area contributed by atoms with Crippen LogP contribution in [0.2, 0.25) is 0 Å². The summed E-state index contributed by atoms with van der Waals surface area (Å²) in [6.45, 7) is 5.66. The summed E-state index contributed by atoms with van der Waals surface area (Å²) >= 11 is 1.66. The van der Waals surface area contributed by atoms with Crippen molar-refractivity contribution < 1.29 is 23.9 Å². The van der Waals surface area contributed by atoms with Crippen molar-refractivity contribution in [3.8, 4) is 11.5 Å². The maximum Gasteiger partial charge on any atom is 0.286 e. The van der Waals surface area contributed by atoms with Crippen molar-refractivity contribution in [2.24, 2.45) is 0 Å².